The number of aromatic nitrogens is 2. The number of ether oxygens (including phenoxy) is 1. The first-order chi connectivity index (χ1) is 12.8. The Bertz CT molecular complexity index is 1020. The second-order valence-corrected chi connectivity index (χ2v) is 8.55. The van der Waals surface area contributed by atoms with Crippen molar-refractivity contribution in [2.75, 3.05) is 12.4 Å². The van der Waals surface area contributed by atoms with E-state index in [-0.39, 0.29) is 5.91 Å². The highest BCUT2D eigenvalue weighted by Gasteiger charge is 2.19. The Kier molecular flexibility index (Phi) is 5.69. The van der Waals surface area contributed by atoms with E-state index in [1.54, 1.807) is 6.07 Å². The minimum atomic E-state index is -0.470. The number of nitrogens with one attached hydrogen (secondary N) is 1. The quantitative estimate of drug-likeness (QED) is 0.605. The average Bonchev–Trinajstić information content (AvgIpc) is 3.30. The van der Waals surface area contributed by atoms with Crippen molar-refractivity contribution in [3.63, 3.8) is 0 Å². The van der Waals surface area contributed by atoms with Gasteiger partial charge in [0.05, 0.1) is 40.5 Å². The molecule has 0 fully saturated rings. The van der Waals surface area contributed by atoms with Gasteiger partial charge in [-0.25, -0.2) is 4.79 Å². The molecule has 3 rings (SSSR count). The predicted octanol–water partition coefficient (Wildman–Crippen LogP) is 4.67. The van der Waals surface area contributed by atoms with Gasteiger partial charge in [-0.1, -0.05) is 11.6 Å². The van der Waals surface area contributed by atoms with E-state index in [1.165, 1.54) is 29.8 Å². The summed E-state index contributed by atoms with van der Waals surface area (Å²) in [4.78, 5) is 25.9. The lowest BCUT2D eigenvalue weighted by Gasteiger charge is -2.04. The van der Waals surface area contributed by atoms with Crippen molar-refractivity contribution in [3.05, 3.63) is 54.8 Å². The number of carbonyl (C=O) groups is 2. The molecule has 0 aliphatic heterocycles. The van der Waals surface area contributed by atoms with Gasteiger partial charge in [-0.3, -0.25) is 9.48 Å². The second-order valence-electron chi connectivity index (χ2n) is 6.01. The summed E-state index contributed by atoms with van der Waals surface area (Å²) in [7, 11) is 1.32. The highest BCUT2D eigenvalue weighted by Crippen LogP contribution is 2.29. The summed E-state index contributed by atoms with van der Waals surface area (Å²) in [6, 6.07) is 3.53. The van der Waals surface area contributed by atoms with Crippen molar-refractivity contribution in [1.82, 2.24) is 9.78 Å². The van der Waals surface area contributed by atoms with Gasteiger partial charge in [-0.05, 0) is 43.8 Å². The van der Waals surface area contributed by atoms with Crippen molar-refractivity contribution in [2.45, 2.75) is 27.3 Å². The van der Waals surface area contributed by atoms with Crippen LogP contribution in [-0.2, 0) is 11.3 Å². The molecule has 27 heavy (non-hydrogen) atoms. The maximum absolute atomic E-state index is 12.6. The van der Waals surface area contributed by atoms with Crippen LogP contribution in [0.1, 0.15) is 41.9 Å². The smallest absolute Gasteiger partial charge is 0.340 e. The number of hydrogen-bond donors (Lipinski definition) is 1. The zero-order valence-corrected chi connectivity index (χ0v) is 17.6. The number of hydrogen-bond acceptors (Lipinski definition) is 6. The van der Waals surface area contributed by atoms with Gasteiger partial charge < -0.3 is 10.1 Å². The lowest BCUT2D eigenvalue weighted by Crippen LogP contribution is -2.12. The Hall–Kier alpha value is -2.16. The normalized spacial score (nSPS) is 10.9. The highest BCUT2D eigenvalue weighted by atomic mass is 35.5. The SMILES string of the molecule is COC(=O)c1cc(C)sc1NC(=O)c1cc(Cn2nc(C)c(Cl)c2C)cs1. The lowest BCUT2D eigenvalue weighted by atomic mass is 10.2. The molecule has 0 bridgehead atoms. The number of aryl methyl sites for hydroxylation is 2. The Balaban J connectivity index is 1.76. The van der Waals surface area contributed by atoms with Crippen LogP contribution in [0.15, 0.2) is 17.5 Å². The summed E-state index contributed by atoms with van der Waals surface area (Å²) in [6.45, 7) is 6.18. The monoisotopic (exact) mass is 423 g/mol. The summed E-state index contributed by atoms with van der Waals surface area (Å²) in [5.41, 5.74) is 3.00. The van der Waals surface area contributed by atoms with Crippen LogP contribution in [0.25, 0.3) is 0 Å². The van der Waals surface area contributed by atoms with E-state index in [1.807, 2.05) is 36.9 Å². The van der Waals surface area contributed by atoms with E-state index in [4.69, 9.17) is 16.3 Å². The Labute approximate surface area is 169 Å². The third-order valence-corrected chi connectivity index (χ3v) is 6.48. The van der Waals surface area contributed by atoms with Gasteiger partial charge in [0.25, 0.3) is 5.91 Å². The number of carbonyl (C=O) groups excluding carboxylic acids is 2. The van der Waals surface area contributed by atoms with Crippen LogP contribution in [0.5, 0.6) is 0 Å². The number of halogens is 1. The summed E-state index contributed by atoms with van der Waals surface area (Å²) in [5, 5.41) is 10.3. The summed E-state index contributed by atoms with van der Waals surface area (Å²) < 4.78 is 6.59. The van der Waals surface area contributed by atoms with Crippen LogP contribution in [0.3, 0.4) is 0 Å². The van der Waals surface area contributed by atoms with Gasteiger partial charge in [0, 0.05) is 4.88 Å². The van der Waals surface area contributed by atoms with Gasteiger partial charge in [-0.15, -0.1) is 22.7 Å². The molecule has 1 N–H and O–H groups in total. The first-order valence-electron chi connectivity index (χ1n) is 8.07. The van der Waals surface area contributed by atoms with Gasteiger partial charge in [-0.2, -0.15) is 5.10 Å². The standard InChI is InChI=1S/C18H18ClN3O3S2/c1-9-5-13(18(24)25-4)17(27-9)20-16(23)14-6-12(8-26-14)7-22-11(3)15(19)10(2)21-22/h5-6,8H,7H2,1-4H3,(H,20,23). The van der Waals surface area contributed by atoms with Crippen LogP contribution in [-0.4, -0.2) is 28.8 Å². The molecular formula is C18H18ClN3O3S2. The van der Waals surface area contributed by atoms with E-state index >= 15 is 0 Å². The molecule has 9 heteroatoms. The Morgan fingerprint density at radius 2 is 2.04 bits per heavy atom. The molecule has 0 atom stereocenters. The molecule has 0 saturated heterocycles. The molecule has 3 aromatic heterocycles. The van der Waals surface area contributed by atoms with Crippen molar-refractivity contribution >= 4 is 51.2 Å². The molecule has 3 aromatic rings. The van der Waals surface area contributed by atoms with Gasteiger partial charge in [0.15, 0.2) is 0 Å². The number of methoxy groups -OCH3 is 1. The molecule has 0 radical (unpaired) electrons. The summed E-state index contributed by atoms with van der Waals surface area (Å²) in [5.74, 6) is -0.729. The van der Waals surface area contributed by atoms with Crippen molar-refractivity contribution < 1.29 is 14.3 Å². The van der Waals surface area contributed by atoms with Crippen LogP contribution in [0.4, 0.5) is 5.00 Å². The largest absolute Gasteiger partial charge is 0.465 e. The third kappa shape index (κ3) is 4.07. The van der Waals surface area contributed by atoms with Crippen LogP contribution < -0.4 is 5.32 Å². The molecule has 142 valence electrons. The molecule has 0 aliphatic rings. The van der Waals surface area contributed by atoms with E-state index in [0.29, 0.717) is 27.0 Å². The zero-order chi connectivity index (χ0) is 19.7. The van der Waals surface area contributed by atoms with Gasteiger partial charge >= 0.3 is 5.97 Å². The number of rotatable bonds is 5. The van der Waals surface area contributed by atoms with E-state index in [2.05, 4.69) is 10.4 Å². The fourth-order valence-electron chi connectivity index (χ4n) is 2.61. The molecule has 3 heterocycles. The number of amides is 1. The Morgan fingerprint density at radius 1 is 1.30 bits per heavy atom. The topological polar surface area (TPSA) is 73.2 Å². The van der Waals surface area contributed by atoms with Gasteiger partial charge in [0.1, 0.15) is 5.00 Å². The van der Waals surface area contributed by atoms with Crippen LogP contribution in [0.2, 0.25) is 5.02 Å². The first kappa shape index (κ1) is 19.6. The zero-order valence-electron chi connectivity index (χ0n) is 15.3. The van der Waals surface area contributed by atoms with E-state index in [9.17, 15) is 9.59 Å². The molecule has 6 nitrogen and oxygen atoms in total. The van der Waals surface area contributed by atoms with Crippen molar-refractivity contribution in [1.29, 1.82) is 0 Å². The average molecular weight is 424 g/mol. The first-order valence-corrected chi connectivity index (χ1v) is 10.1. The maximum atomic E-state index is 12.6. The molecule has 0 unspecified atom stereocenters. The maximum Gasteiger partial charge on any atom is 0.340 e. The van der Waals surface area contributed by atoms with Crippen LogP contribution in [0, 0.1) is 20.8 Å². The molecule has 0 saturated carbocycles. The molecule has 0 spiro atoms. The highest BCUT2D eigenvalue weighted by molar-refractivity contribution is 7.17. The van der Waals surface area contributed by atoms with E-state index in [0.717, 1.165) is 21.8 Å². The lowest BCUT2D eigenvalue weighted by molar-refractivity contribution is 0.0602. The minimum Gasteiger partial charge on any atom is -0.465 e. The third-order valence-electron chi connectivity index (χ3n) is 3.99. The number of nitrogens with zero attached hydrogens (tertiary/aromatic N) is 2. The van der Waals surface area contributed by atoms with Crippen molar-refractivity contribution in [3.8, 4) is 0 Å². The molecule has 0 aliphatic carbocycles. The van der Waals surface area contributed by atoms with Crippen LogP contribution >= 0.6 is 34.3 Å². The summed E-state index contributed by atoms with van der Waals surface area (Å²) in [6.07, 6.45) is 0. The Morgan fingerprint density at radius 3 is 2.67 bits per heavy atom. The number of esters is 1. The molecule has 1 amide bonds. The summed E-state index contributed by atoms with van der Waals surface area (Å²) >= 11 is 8.87. The minimum absolute atomic E-state index is 0.260. The van der Waals surface area contributed by atoms with Crippen molar-refractivity contribution in [2.24, 2.45) is 0 Å². The predicted molar refractivity (Wildman–Crippen MR) is 108 cm³/mol. The van der Waals surface area contributed by atoms with E-state index < -0.39 is 5.97 Å². The fraction of sp³-hybridized carbons (Fsp3) is 0.278. The number of anilines is 1. The molecule has 0 aromatic carbocycles. The second kappa shape index (κ2) is 7.84. The van der Waals surface area contributed by atoms with Gasteiger partial charge in [0.2, 0.25) is 0 Å². The fourth-order valence-corrected chi connectivity index (χ4v) is 4.44. The number of thiophene rings is 2. The molecular weight excluding hydrogens is 406 g/mol.